The smallest absolute Gasteiger partial charge is 0.315 e. The van der Waals surface area contributed by atoms with E-state index in [1.54, 1.807) is 0 Å². The van der Waals surface area contributed by atoms with Gasteiger partial charge < -0.3 is 20.6 Å². The van der Waals surface area contributed by atoms with Crippen LogP contribution in [0.15, 0.2) is 36.4 Å². The molecule has 2 amide bonds. The van der Waals surface area contributed by atoms with E-state index in [1.807, 2.05) is 19.1 Å². The second-order valence-electron chi connectivity index (χ2n) is 5.55. The van der Waals surface area contributed by atoms with Gasteiger partial charge in [0.05, 0.1) is 6.10 Å². The number of carbonyl (C=O) groups is 1. The summed E-state index contributed by atoms with van der Waals surface area (Å²) in [6.45, 7) is 4.69. The first-order valence-electron chi connectivity index (χ1n) is 7.87. The Labute approximate surface area is 132 Å². The third-order valence-corrected chi connectivity index (χ3v) is 3.69. The first-order valence-corrected chi connectivity index (χ1v) is 7.87. The molecule has 0 fully saturated rings. The van der Waals surface area contributed by atoms with Crippen LogP contribution in [0.3, 0.4) is 0 Å². The van der Waals surface area contributed by atoms with Crippen molar-refractivity contribution in [2.45, 2.75) is 32.4 Å². The Morgan fingerprint density at radius 1 is 1.23 bits per heavy atom. The van der Waals surface area contributed by atoms with Gasteiger partial charge >= 0.3 is 6.03 Å². The van der Waals surface area contributed by atoms with E-state index < -0.39 is 6.10 Å². The second-order valence-corrected chi connectivity index (χ2v) is 5.55. The number of aliphatic hydroxyl groups excluding tert-OH is 1. The summed E-state index contributed by atoms with van der Waals surface area (Å²) in [5, 5.41) is 15.0. The summed E-state index contributed by atoms with van der Waals surface area (Å²) < 4.78 is 0. The van der Waals surface area contributed by atoms with Crippen molar-refractivity contribution in [1.29, 1.82) is 0 Å². The minimum atomic E-state index is -0.468. The third-order valence-electron chi connectivity index (χ3n) is 3.69. The van der Waals surface area contributed by atoms with Crippen LogP contribution in [-0.4, -0.2) is 36.9 Å². The molecule has 3 N–H and O–H groups in total. The molecule has 1 aliphatic heterocycles. The van der Waals surface area contributed by atoms with E-state index in [0.29, 0.717) is 19.5 Å². The standard InChI is InChI=1S/C17H25N3O2/c1-2-5-16(21)13-19-17(22)18-12-14-6-8-15(9-7-14)20-10-3-4-11-20/h3-4,6-9,16,21H,2,5,10-13H2,1H3,(H2,18,19,22). The van der Waals surface area contributed by atoms with Crippen LogP contribution in [0.5, 0.6) is 0 Å². The highest BCUT2D eigenvalue weighted by Crippen LogP contribution is 2.17. The molecule has 1 atom stereocenters. The molecule has 0 aromatic heterocycles. The monoisotopic (exact) mass is 303 g/mol. The predicted molar refractivity (Wildman–Crippen MR) is 88.9 cm³/mol. The molecular formula is C17H25N3O2. The van der Waals surface area contributed by atoms with Gasteiger partial charge in [-0.05, 0) is 24.1 Å². The van der Waals surface area contributed by atoms with E-state index in [-0.39, 0.29) is 6.03 Å². The lowest BCUT2D eigenvalue weighted by Gasteiger charge is -2.18. The number of benzene rings is 1. The number of hydrogen-bond donors (Lipinski definition) is 3. The number of nitrogens with zero attached hydrogens (tertiary/aromatic N) is 1. The SMILES string of the molecule is CCCC(O)CNC(=O)NCc1ccc(N2CC=CC2)cc1. The maximum absolute atomic E-state index is 11.7. The number of carbonyl (C=O) groups excluding carboxylic acids is 1. The molecule has 1 aliphatic rings. The number of amides is 2. The quantitative estimate of drug-likeness (QED) is 0.675. The van der Waals surface area contributed by atoms with Crippen LogP contribution in [0.1, 0.15) is 25.3 Å². The molecular weight excluding hydrogens is 278 g/mol. The summed E-state index contributed by atoms with van der Waals surface area (Å²) in [5.74, 6) is 0. The van der Waals surface area contributed by atoms with Crippen molar-refractivity contribution in [3.05, 3.63) is 42.0 Å². The Bertz CT molecular complexity index is 491. The molecule has 0 saturated carbocycles. The summed E-state index contributed by atoms with van der Waals surface area (Å²) in [6.07, 6.45) is 5.46. The topological polar surface area (TPSA) is 64.6 Å². The molecule has 0 bridgehead atoms. The highest BCUT2D eigenvalue weighted by atomic mass is 16.3. The van der Waals surface area contributed by atoms with Gasteiger partial charge in [0.1, 0.15) is 0 Å². The van der Waals surface area contributed by atoms with E-state index in [4.69, 9.17) is 0 Å². The van der Waals surface area contributed by atoms with Crippen LogP contribution in [0.25, 0.3) is 0 Å². The molecule has 0 radical (unpaired) electrons. The molecule has 5 nitrogen and oxygen atoms in total. The Morgan fingerprint density at radius 2 is 1.91 bits per heavy atom. The molecule has 0 spiro atoms. The zero-order valence-electron chi connectivity index (χ0n) is 13.1. The highest BCUT2D eigenvalue weighted by molar-refractivity contribution is 5.73. The zero-order valence-corrected chi connectivity index (χ0v) is 13.1. The Balaban J connectivity index is 1.71. The number of rotatable bonds is 7. The average Bonchev–Trinajstić information content (AvgIpc) is 3.06. The van der Waals surface area contributed by atoms with Crippen molar-refractivity contribution in [2.24, 2.45) is 0 Å². The number of hydrogen-bond acceptors (Lipinski definition) is 3. The van der Waals surface area contributed by atoms with Gasteiger partial charge in [0.15, 0.2) is 0 Å². The molecule has 0 saturated heterocycles. The molecule has 120 valence electrons. The van der Waals surface area contributed by atoms with Crippen LogP contribution in [0.4, 0.5) is 10.5 Å². The van der Waals surface area contributed by atoms with E-state index in [2.05, 4.69) is 39.8 Å². The molecule has 0 aliphatic carbocycles. The third kappa shape index (κ3) is 5.07. The molecule has 22 heavy (non-hydrogen) atoms. The summed E-state index contributed by atoms with van der Waals surface area (Å²) in [7, 11) is 0. The largest absolute Gasteiger partial charge is 0.391 e. The Hall–Kier alpha value is -2.01. The molecule has 1 heterocycles. The zero-order chi connectivity index (χ0) is 15.8. The fraction of sp³-hybridized carbons (Fsp3) is 0.471. The molecule has 1 aromatic carbocycles. The first-order chi connectivity index (χ1) is 10.7. The van der Waals surface area contributed by atoms with Crippen molar-refractivity contribution >= 4 is 11.7 Å². The van der Waals surface area contributed by atoms with E-state index in [0.717, 1.165) is 25.1 Å². The van der Waals surface area contributed by atoms with E-state index in [1.165, 1.54) is 5.69 Å². The minimum Gasteiger partial charge on any atom is -0.391 e. The summed E-state index contributed by atoms with van der Waals surface area (Å²) >= 11 is 0. The van der Waals surface area contributed by atoms with Crippen molar-refractivity contribution in [2.75, 3.05) is 24.5 Å². The lowest BCUT2D eigenvalue weighted by Crippen LogP contribution is -2.39. The lowest BCUT2D eigenvalue weighted by atomic mass is 10.2. The summed E-state index contributed by atoms with van der Waals surface area (Å²) in [6, 6.07) is 7.96. The van der Waals surface area contributed by atoms with Gasteiger partial charge in [0.25, 0.3) is 0 Å². The van der Waals surface area contributed by atoms with Crippen LogP contribution in [-0.2, 0) is 6.54 Å². The van der Waals surface area contributed by atoms with Gasteiger partial charge in [-0.15, -0.1) is 0 Å². The van der Waals surface area contributed by atoms with Gasteiger partial charge in [-0.25, -0.2) is 4.79 Å². The first kappa shape index (κ1) is 16.4. The van der Waals surface area contributed by atoms with Crippen LogP contribution in [0, 0.1) is 0 Å². The van der Waals surface area contributed by atoms with Crippen molar-refractivity contribution in [1.82, 2.24) is 10.6 Å². The fourth-order valence-corrected chi connectivity index (χ4v) is 2.40. The van der Waals surface area contributed by atoms with Gasteiger partial charge in [-0.1, -0.05) is 37.6 Å². The summed E-state index contributed by atoms with van der Waals surface area (Å²) in [5.41, 5.74) is 2.25. The average molecular weight is 303 g/mol. The number of anilines is 1. The van der Waals surface area contributed by atoms with Gasteiger partial charge in [0.2, 0.25) is 0 Å². The van der Waals surface area contributed by atoms with Crippen LogP contribution in [0.2, 0.25) is 0 Å². The minimum absolute atomic E-state index is 0.247. The van der Waals surface area contributed by atoms with Crippen molar-refractivity contribution < 1.29 is 9.90 Å². The number of urea groups is 1. The fourth-order valence-electron chi connectivity index (χ4n) is 2.40. The molecule has 1 unspecified atom stereocenters. The van der Waals surface area contributed by atoms with Crippen molar-refractivity contribution in [3.8, 4) is 0 Å². The van der Waals surface area contributed by atoms with Gasteiger partial charge in [-0.3, -0.25) is 0 Å². The van der Waals surface area contributed by atoms with Gasteiger partial charge in [0, 0.05) is 31.9 Å². The normalized spacial score (nSPS) is 14.9. The van der Waals surface area contributed by atoms with Gasteiger partial charge in [-0.2, -0.15) is 0 Å². The Kier molecular flexibility index (Phi) is 6.27. The second kappa shape index (κ2) is 8.44. The summed E-state index contributed by atoms with van der Waals surface area (Å²) in [4.78, 5) is 13.9. The van der Waals surface area contributed by atoms with E-state index >= 15 is 0 Å². The predicted octanol–water partition coefficient (Wildman–Crippen LogP) is 2.02. The van der Waals surface area contributed by atoms with Crippen molar-refractivity contribution in [3.63, 3.8) is 0 Å². The maximum atomic E-state index is 11.7. The molecule has 5 heteroatoms. The number of nitrogens with one attached hydrogen (secondary N) is 2. The van der Waals surface area contributed by atoms with Crippen LogP contribution < -0.4 is 15.5 Å². The maximum Gasteiger partial charge on any atom is 0.315 e. The highest BCUT2D eigenvalue weighted by Gasteiger charge is 2.08. The Morgan fingerprint density at radius 3 is 2.55 bits per heavy atom. The van der Waals surface area contributed by atoms with Crippen LogP contribution >= 0.6 is 0 Å². The molecule has 1 aromatic rings. The van der Waals surface area contributed by atoms with E-state index in [9.17, 15) is 9.90 Å². The number of aliphatic hydroxyl groups is 1. The lowest BCUT2D eigenvalue weighted by molar-refractivity contribution is 0.160. The molecule has 2 rings (SSSR count).